The Kier molecular flexibility index (Phi) is 2.45. The number of pyridine rings is 1. The number of nitrogens with zero attached hydrogens (tertiary/aromatic N) is 1. The van der Waals surface area contributed by atoms with E-state index in [-0.39, 0.29) is 0 Å². The van der Waals surface area contributed by atoms with Crippen LogP contribution in [-0.4, -0.2) is 4.98 Å². The number of halogens is 3. The van der Waals surface area contributed by atoms with Crippen LogP contribution < -0.4 is 0 Å². The third kappa shape index (κ3) is 1.54. The topological polar surface area (TPSA) is 12.9 Å². The predicted molar refractivity (Wildman–Crippen MR) is 59.5 cm³/mol. The van der Waals surface area contributed by atoms with Crippen LogP contribution in [0.3, 0.4) is 0 Å². The smallest absolute Gasteiger partial charge is 0.0642 e. The molecule has 0 fully saturated rings. The first-order chi connectivity index (χ1) is 6.20. The van der Waals surface area contributed by atoms with Crippen LogP contribution in [0, 0.1) is 0 Å². The minimum absolute atomic E-state index is 0.646. The maximum Gasteiger partial charge on any atom is 0.0642 e. The third-order valence-corrected chi connectivity index (χ3v) is 3.35. The number of aromatic nitrogens is 1. The molecule has 0 spiro atoms. The van der Waals surface area contributed by atoms with E-state index < -0.39 is 0 Å². The number of hydrogen-bond acceptors (Lipinski definition) is 1. The molecule has 1 nitrogen and oxygen atoms in total. The Morgan fingerprint density at radius 3 is 2.77 bits per heavy atom. The molecule has 0 unspecified atom stereocenters. The summed E-state index contributed by atoms with van der Waals surface area (Å²) >= 11 is 15.4. The minimum Gasteiger partial charge on any atom is -0.264 e. The van der Waals surface area contributed by atoms with Gasteiger partial charge in [0.05, 0.1) is 5.02 Å². The van der Waals surface area contributed by atoms with Gasteiger partial charge in [0.1, 0.15) is 0 Å². The maximum absolute atomic E-state index is 6.05. The zero-order chi connectivity index (χ0) is 9.42. The van der Waals surface area contributed by atoms with Crippen LogP contribution in [0.25, 0.3) is 10.8 Å². The lowest BCUT2D eigenvalue weighted by Gasteiger charge is -2.03. The Morgan fingerprint density at radius 1 is 1.23 bits per heavy atom. The van der Waals surface area contributed by atoms with E-state index in [9.17, 15) is 0 Å². The molecule has 2 rings (SSSR count). The van der Waals surface area contributed by atoms with E-state index in [1.54, 1.807) is 18.5 Å². The zero-order valence-corrected chi connectivity index (χ0v) is 9.49. The fraction of sp³-hybridized carbons (Fsp3) is 0. The van der Waals surface area contributed by atoms with Crippen LogP contribution in [0.4, 0.5) is 0 Å². The van der Waals surface area contributed by atoms with Gasteiger partial charge in [-0.3, -0.25) is 4.98 Å². The largest absolute Gasteiger partial charge is 0.264 e. The van der Waals surface area contributed by atoms with Gasteiger partial charge in [0.25, 0.3) is 0 Å². The summed E-state index contributed by atoms with van der Waals surface area (Å²) < 4.78 is 0.791. The van der Waals surface area contributed by atoms with Crippen molar-refractivity contribution in [3.8, 4) is 0 Å². The van der Waals surface area contributed by atoms with E-state index in [1.807, 2.05) is 6.07 Å². The molecule has 1 heterocycles. The van der Waals surface area contributed by atoms with Crippen molar-refractivity contribution in [2.45, 2.75) is 0 Å². The molecule has 0 radical (unpaired) electrons. The first kappa shape index (κ1) is 9.25. The van der Waals surface area contributed by atoms with Gasteiger partial charge in [0.2, 0.25) is 0 Å². The number of fused-ring (bicyclic) bond motifs is 1. The quantitative estimate of drug-likeness (QED) is 0.654. The highest BCUT2D eigenvalue weighted by Crippen LogP contribution is 2.35. The highest BCUT2D eigenvalue weighted by atomic mass is 79.9. The van der Waals surface area contributed by atoms with Crippen molar-refractivity contribution in [3.05, 3.63) is 39.0 Å². The molecule has 66 valence electrons. The summed E-state index contributed by atoms with van der Waals surface area (Å²) in [6.45, 7) is 0. The van der Waals surface area contributed by atoms with Gasteiger partial charge in [0.15, 0.2) is 0 Å². The molecule has 0 aliphatic heterocycles. The molecule has 0 saturated heterocycles. The van der Waals surface area contributed by atoms with Crippen molar-refractivity contribution >= 4 is 49.9 Å². The monoisotopic (exact) mass is 275 g/mol. The second kappa shape index (κ2) is 3.45. The van der Waals surface area contributed by atoms with E-state index in [1.165, 1.54) is 0 Å². The first-order valence-corrected chi connectivity index (χ1v) is 5.12. The average Bonchev–Trinajstić information content (AvgIpc) is 2.15. The molecule has 0 aliphatic carbocycles. The average molecular weight is 277 g/mol. The predicted octanol–water partition coefficient (Wildman–Crippen LogP) is 4.30. The molecule has 1 aromatic heterocycles. The number of benzene rings is 1. The summed E-state index contributed by atoms with van der Waals surface area (Å²) in [5.74, 6) is 0. The SMILES string of the molecule is Clc1cc(Br)c(Cl)c2cnccc12. The van der Waals surface area contributed by atoms with Crippen molar-refractivity contribution in [1.82, 2.24) is 4.98 Å². The van der Waals surface area contributed by atoms with Gasteiger partial charge in [-0.2, -0.15) is 0 Å². The summed E-state index contributed by atoms with van der Waals surface area (Å²) in [5.41, 5.74) is 0. The molecule has 0 N–H and O–H groups in total. The highest BCUT2D eigenvalue weighted by Gasteiger charge is 2.06. The van der Waals surface area contributed by atoms with E-state index in [2.05, 4.69) is 20.9 Å². The van der Waals surface area contributed by atoms with Crippen molar-refractivity contribution in [2.75, 3.05) is 0 Å². The van der Waals surface area contributed by atoms with Gasteiger partial charge in [-0.1, -0.05) is 23.2 Å². The van der Waals surface area contributed by atoms with Crippen molar-refractivity contribution in [1.29, 1.82) is 0 Å². The molecular weight excluding hydrogens is 273 g/mol. The van der Waals surface area contributed by atoms with E-state index in [0.717, 1.165) is 15.2 Å². The lowest BCUT2D eigenvalue weighted by molar-refractivity contribution is 1.36. The Labute approximate surface area is 93.8 Å². The lowest BCUT2D eigenvalue weighted by atomic mass is 10.2. The lowest BCUT2D eigenvalue weighted by Crippen LogP contribution is -1.79. The molecule has 0 aliphatic rings. The summed E-state index contributed by atoms with van der Waals surface area (Å²) in [6, 6.07) is 3.63. The molecule has 0 saturated carbocycles. The van der Waals surface area contributed by atoms with Gasteiger partial charge in [-0.15, -0.1) is 0 Å². The standard InChI is InChI=1S/C9H4BrCl2N/c10-7-3-8(11)5-1-2-13-4-6(5)9(7)12/h1-4H. The number of rotatable bonds is 0. The fourth-order valence-electron chi connectivity index (χ4n) is 1.16. The Bertz CT molecular complexity index is 470. The summed E-state index contributed by atoms with van der Waals surface area (Å²) in [4.78, 5) is 3.99. The van der Waals surface area contributed by atoms with E-state index in [0.29, 0.717) is 10.0 Å². The Morgan fingerprint density at radius 2 is 2.00 bits per heavy atom. The molecule has 1 aromatic carbocycles. The maximum atomic E-state index is 6.05. The van der Waals surface area contributed by atoms with Gasteiger partial charge < -0.3 is 0 Å². The Hall–Kier alpha value is -0.310. The molecular formula is C9H4BrCl2N. The summed E-state index contributed by atoms with van der Waals surface area (Å²) in [6.07, 6.45) is 3.40. The molecule has 0 atom stereocenters. The van der Waals surface area contributed by atoms with Crippen LogP contribution in [0.1, 0.15) is 0 Å². The van der Waals surface area contributed by atoms with Gasteiger partial charge in [-0.05, 0) is 28.1 Å². The van der Waals surface area contributed by atoms with Crippen LogP contribution in [0.5, 0.6) is 0 Å². The summed E-state index contributed by atoms with van der Waals surface area (Å²) in [5, 5.41) is 3.11. The molecule has 0 amide bonds. The van der Waals surface area contributed by atoms with Crippen molar-refractivity contribution in [3.63, 3.8) is 0 Å². The Balaban J connectivity index is 2.97. The van der Waals surface area contributed by atoms with Crippen LogP contribution in [0.15, 0.2) is 29.0 Å². The fourth-order valence-corrected chi connectivity index (χ4v) is 2.21. The van der Waals surface area contributed by atoms with Gasteiger partial charge >= 0.3 is 0 Å². The molecule has 0 bridgehead atoms. The van der Waals surface area contributed by atoms with Crippen LogP contribution in [-0.2, 0) is 0 Å². The number of hydrogen-bond donors (Lipinski definition) is 0. The van der Waals surface area contributed by atoms with E-state index >= 15 is 0 Å². The highest BCUT2D eigenvalue weighted by molar-refractivity contribution is 9.10. The molecule has 2 aromatic rings. The zero-order valence-electron chi connectivity index (χ0n) is 6.39. The summed E-state index contributed by atoms with van der Waals surface area (Å²) in [7, 11) is 0. The van der Waals surface area contributed by atoms with Crippen molar-refractivity contribution in [2.24, 2.45) is 0 Å². The van der Waals surface area contributed by atoms with Gasteiger partial charge in [0, 0.05) is 32.7 Å². The van der Waals surface area contributed by atoms with Gasteiger partial charge in [-0.25, -0.2) is 0 Å². The second-order valence-electron chi connectivity index (χ2n) is 2.58. The first-order valence-electron chi connectivity index (χ1n) is 3.57. The molecule has 13 heavy (non-hydrogen) atoms. The van der Waals surface area contributed by atoms with Crippen LogP contribution in [0.2, 0.25) is 10.0 Å². The third-order valence-electron chi connectivity index (χ3n) is 1.78. The van der Waals surface area contributed by atoms with Crippen molar-refractivity contribution < 1.29 is 0 Å². The molecule has 4 heteroatoms. The second-order valence-corrected chi connectivity index (χ2v) is 4.21. The minimum atomic E-state index is 0.646. The normalized spacial score (nSPS) is 10.7. The van der Waals surface area contributed by atoms with Crippen LogP contribution >= 0.6 is 39.1 Å². The van der Waals surface area contributed by atoms with E-state index in [4.69, 9.17) is 23.2 Å².